The molecule has 0 aromatic rings. The van der Waals surface area contributed by atoms with E-state index < -0.39 is 5.97 Å². The number of thiocarbonyl (C=S) groups is 1. The molecule has 17 heavy (non-hydrogen) atoms. The maximum Gasteiger partial charge on any atom is 0.303 e. The second-order valence-electron chi connectivity index (χ2n) is 4.01. The first-order chi connectivity index (χ1) is 8.11. The number of hydrogen-bond acceptors (Lipinski definition) is 4. The summed E-state index contributed by atoms with van der Waals surface area (Å²) in [5, 5.41) is 8.46. The fourth-order valence-electron chi connectivity index (χ4n) is 1.67. The zero-order valence-electron chi connectivity index (χ0n) is 9.68. The summed E-state index contributed by atoms with van der Waals surface area (Å²) in [6.45, 7) is 0.712. The van der Waals surface area contributed by atoms with E-state index in [1.165, 1.54) is 11.8 Å². The van der Waals surface area contributed by atoms with Crippen molar-refractivity contribution in [3.63, 3.8) is 0 Å². The Morgan fingerprint density at radius 2 is 1.94 bits per heavy atom. The Kier molecular flexibility index (Phi) is 6.50. The Hall–Kier alpha value is -0.620. The minimum atomic E-state index is -0.727. The number of aliphatic carboxylic acids is 1. The lowest BCUT2D eigenvalue weighted by atomic mass is 10.1. The van der Waals surface area contributed by atoms with E-state index in [4.69, 9.17) is 17.3 Å². The van der Waals surface area contributed by atoms with Crippen molar-refractivity contribution in [1.29, 1.82) is 0 Å². The molecule has 1 rings (SSSR count). The maximum atomic E-state index is 11.4. The summed E-state index contributed by atoms with van der Waals surface area (Å²) in [5.41, 5.74) is 0. The number of carbonyl (C=O) groups excluding carboxylic acids is 1. The molecule has 0 aliphatic carbocycles. The van der Waals surface area contributed by atoms with E-state index >= 15 is 0 Å². The molecule has 1 aliphatic heterocycles. The van der Waals surface area contributed by atoms with Gasteiger partial charge < -0.3 is 5.11 Å². The highest BCUT2D eigenvalue weighted by atomic mass is 32.2. The molecule has 0 saturated carbocycles. The molecule has 0 unspecified atom stereocenters. The number of amides is 1. The van der Waals surface area contributed by atoms with Gasteiger partial charge in [-0.25, -0.2) is 0 Å². The topological polar surface area (TPSA) is 57.6 Å². The Morgan fingerprint density at radius 3 is 2.53 bits per heavy atom. The molecule has 0 radical (unpaired) electrons. The van der Waals surface area contributed by atoms with Crippen LogP contribution >= 0.6 is 24.0 Å². The largest absolute Gasteiger partial charge is 0.481 e. The summed E-state index contributed by atoms with van der Waals surface area (Å²) >= 11 is 6.50. The molecule has 0 spiro atoms. The van der Waals surface area contributed by atoms with Crippen LogP contribution in [0.25, 0.3) is 0 Å². The van der Waals surface area contributed by atoms with Crippen LogP contribution in [0, 0.1) is 0 Å². The van der Waals surface area contributed by atoms with Gasteiger partial charge >= 0.3 is 5.97 Å². The third-order valence-corrected chi connectivity index (χ3v) is 4.05. The first-order valence-corrected chi connectivity index (χ1v) is 7.19. The highest BCUT2D eigenvalue weighted by Crippen LogP contribution is 2.19. The molecule has 6 heteroatoms. The SMILES string of the molecule is O=C(O)CCCCCCCN1C(=O)CSC1=S. The Morgan fingerprint density at radius 1 is 1.29 bits per heavy atom. The summed E-state index contributed by atoms with van der Waals surface area (Å²) in [6, 6.07) is 0. The molecule has 1 amide bonds. The second kappa shape index (κ2) is 7.66. The predicted octanol–water partition coefficient (Wildman–Crippen LogP) is 2.27. The van der Waals surface area contributed by atoms with Crippen LogP contribution in [0.15, 0.2) is 0 Å². The maximum absolute atomic E-state index is 11.4. The van der Waals surface area contributed by atoms with Crippen molar-refractivity contribution in [1.82, 2.24) is 4.90 Å². The highest BCUT2D eigenvalue weighted by molar-refractivity contribution is 8.23. The monoisotopic (exact) mass is 275 g/mol. The van der Waals surface area contributed by atoms with Crippen LogP contribution in [0.4, 0.5) is 0 Å². The lowest BCUT2D eigenvalue weighted by molar-refractivity contribution is -0.137. The number of unbranched alkanes of at least 4 members (excludes halogenated alkanes) is 4. The van der Waals surface area contributed by atoms with Gasteiger partial charge in [-0.2, -0.15) is 0 Å². The average molecular weight is 275 g/mol. The smallest absolute Gasteiger partial charge is 0.303 e. The second-order valence-corrected chi connectivity index (χ2v) is 5.62. The van der Waals surface area contributed by atoms with Crippen molar-refractivity contribution < 1.29 is 14.7 Å². The molecule has 1 heterocycles. The van der Waals surface area contributed by atoms with Crippen molar-refractivity contribution >= 4 is 40.2 Å². The summed E-state index contributed by atoms with van der Waals surface area (Å²) in [7, 11) is 0. The van der Waals surface area contributed by atoms with Gasteiger partial charge in [0.15, 0.2) is 0 Å². The van der Waals surface area contributed by atoms with Gasteiger partial charge in [-0.15, -0.1) is 0 Å². The molecule has 0 aromatic carbocycles. The number of carboxylic acid groups (broad SMARTS) is 1. The zero-order valence-corrected chi connectivity index (χ0v) is 11.3. The molecule has 1 fully saturated rings. The van der Waals surface area contributed by atoms with Crippen LogP contribution < -0.4 is 0 Å². The number of nitrogens with zero attached hydrogens (tertiary/aromatic N) is 1. The molecule has 0 aromatic heterocycles. The summed E-state index contributed by atoms with van der Waals surface area (Å²) in [6.07, 6.45) is 4.93. The van der Waals surface area contributed by atoms with Crippen LogP contribution in [-0.4, -0.2) is 38.5 Å². The molecule has 4 nitrogen and oxygen atoms in total. The fourth-order valence-corrected chi connectivity index (χ4v) is 2.80. The summed E-state index contributed by atoms with van der Waals surface area (Å²) in [5.74, 6) is -0.127. The number of carboxylic acids is 1. The predicted molar refractivity (Wildman–Crippen MR) is 72.1 cm³/mol. The Balaban J connectivity index is 1.99. The molecule has 1 saturated heterocycles. The molecule has 0 bridgehead atoms. The standard InChI is InChI=1S/C11H17NO3S2/c13-9-8-17-11(16)12(9)7-5-3-1-2-4-6-10(14)15/h1-8H2,(H,14,15). The van der Waals surface area contributed by atoms with Gasteiger partial charge in [-0.1, -0.05) is 43.2 Å². The lowest BCUT2D eigenvalue weighted by Gasteiger charge is -2.14. The van der Waals surface area contributed by atoms with Gasteiger partial charge in [-0.3, -0.25) is 14.5 Å². The third kappa shape index (κ3) is 5.50. The van der Waals surface area contributed by atoms with Gasteiger partial charge in [0, 0.05) is 13.0 Å². The van der Waals surface area contributed by atoms with Crippen LogP contribution in [0.1, 0.15) is 38.5 Å². The molecule has 0 atom stereocenters. The molecular formula is C11H17NO3S2. The molecule has 1 N–H and O–H groups in total. The number of carbonyl (C=O) groups is 2. The molecule has 96 valence electrons. The first-order valence-electron chi connectivity index (χ1n) is 5.80. The third-order valence-electron chi connectivity index (χ3n) is 2.61. The van der Waals surface area contributed by atoms with Crippen LogP contribution in [0.2, 0.25) is 0 Å². The molecular weight excluding hydrogens is 258 g/mol. The van der Waals surface area contributed by atoms with E-state index in [9.17, 15) is 9.59 Å². The minimum absolute atomic E-state index is 0.117. The van der Waals surface area contributed by atoms with Crippen molar-refractivity contribution in [2.75, 3.05) is 12.3 Å². The van der Waals surface area contributed by atoms with Crippen molar-refractivity contribution in [2.24, 2.45) is 0 Å². The van der Waals surface area contributed by atoms with Gasteiger partial charge in [0.05, 0.1) is 5.75 Å². The van der Waals surface area contributed by atoms with E-state index in [2.05, 4.69) is 0 Å². The van der Waals surface area contributed by atoms with Crippen LogP contribution in [0.3, 0.4) is 0 Å². The summed E-state index contributed by atoms with van der Waals surface area (Å²) < 4.78 is 0.695. The normalized spacial score (nSPS) is 15.6. The fraction of sp³-hybridized carbons (Fsp3) is 0.727. The highest BCUT2D eigenvalue weighted by Gasteiger charge is 2.25. The van der Waals surface area contributed by atoms with Crippen LogP contribution in [-0.2, 0) is 9.59 Å². The summed E-state index contributed by atoms with van der Waals surface area (Å²) in [4.78, 5) is 23.3. The quantitative estimate of drug-likeness (QED) is 0.544. The van der Waals surface area contributed by atoms with Gasteiger partial charge in [0.2, 0.25) is 5.91 Å². The number of rotatable bonds is 8. The minimum Gasteiger partial charge on any atom is -0.481 e. The van der Waals surface area contributed by atoms with E-state index in [0.717, 1.165) is 32.1 Å². The Labute approximate surface area is 111 Å². The average Bonchev–Trinajstić information content (AvgIpc) is 2.58. The zero-order chi connectivity index (χ0) is 12.7. The van der Waals surface area contributed by atoms with E-state index in [0.29, 0.717) is 16.6 Å². The van der Waals surface area contributed by atoms with Crippen LogP contribution in [0.5, 0.6) is 0 Å². The first kappa shape index (κ1) is 14.4. The number of hydrogen-bond donors (Lipinski definition) is 1. The van der Waals surface area contributed by atoms with Gasteiger partial charge in [0.1, 0.15) is 4.32 Å². The number of thioether (sulfide) groups is 1. The molecule has 1 aliphatic rings. The van der Waals surface area contributed by atoms with Crippen molar-refractivity contribution in [3.05, 3.63) is 0 Å². The van der Waals surface area contributed by atoms with Gasteiger partial charge in [0.25, 0.3) is 0 Å². The van der Waals surface area contributed by atoms with E-state index in [-0.39, 0.29) is 12.3 Å². The van der Waals surface area contributed by atoms with E-state index in [1.807, 2.05) is 0 Å². The Bertz CT molecular complexity index is 291. The van der Waals surface area contributed by atoms with Crippen molar-refractivity contribution in [2.45, 2.75) is 38.5 Å². The van der Waals surface area contributed by atoms with Crippen molar-refractivity contribution in [3.8, 4) is 0 Å². The lowest BCUT2D eigenvalue weighted by Crippen LogP contribution is -2.29. The van der Waals surface area contributed by atoms with Gasteiger partial charge in [-0.05, 0) is 12.8 Å². The van der Waals surface area contributed by atoms with E-state index in [1.54, 1.807) is 4.90 Å².